The summed E-state index contributed by atoms with van der Waals surface area (Å²) in [6.45, 7) is 5.93. The molecule has 4 unspecified atom stereocenters. The van der Waals surface area contributed by atoms with Crippen molar-refractivity contribution in [1.29, 1.82) is 0 Å². The Kier molecular flexibility index (Phi) is 7.11. The highest BCUT2D eigenvalue weighted by molar-refractivity contribution is 5.83. The van der Waals surface area contributed by atoms with Crippen molar-refractivity contribution in [1.82, 2.24) is 4.90 Å². The van der Waals surface area contributed by atoms with Crippen LogP contribution < -0.4 is 0 Å². The first-order chi connectivity index (χ1) is 15.3. The van der Waals surface area contributed by atoms with E-state index >= 15 is 0 Å². The fourth-order valence-electron chi connectivity index (χ4n) is 6.36. The molecule has 5 heteroatoms. The van der Waals surface area contributed by atoms with Crippen LogP contribution in [0.4, 0.5) is 4.79 Å². The van der Waals surface area contributed by atoms with Gasteiger partial charge in [0.25, 0.3) is 0 Å². The summed E-state index contributed by atoms with van der Waals surface area (Å²) < 4.78 is 11.7. The van der Waals surface area contributed by atoms with Crippen LogP contribution in [0.2, 0.25) is 0 Å². The normalized spacial score (nSPS) is 28.8. The number of esters is 1. The number of hydrogen-bond donors (Lipinski definition) is 0. The van der Waals surface area contributed by atoms with Crippen LogP contribution in [0.25, 0.3) is 0 Å². The van der Waals surface area contributed by atoms with E-state index < -0.39 is 11.6 Å². The SMILES string of the molecule is CC(C)(C)OC(=O)C1C(C2CCCCC2)C2CCCCC2N1C(=O)OCc1ccccc1. The van der Waals surface area contributed by atoms with E-state index in [-0.39, 0.29) is 30.6 Å². The fourth-order valence-corrected chi connectivity index (χ4v) is 6.36. The molecule has 2 aliphatic carbocycles. The molecule has 0 aromatic heterocycles. The van der Waals surface area contributed by atoms with Crippen molar-refractivity contribution in [3.63, 3.8) is 0 Å². The van der Waals surface area contributed by atoms with Gasteiger partial charge in [-0.05, 0) is 56.9 Å². The van der Waals surface area contributed by atoms with Gasteiger partial charge in [-0.25, -0.2) is 9.59 Å². The number of likely N-dealkylation sites (tertiary alicyclic amines) is 1. The van der Waals surface area contributed by atoms with Crippen LogP contribution >= 0.6 is 0 Å². The minimum Gasteiger partial charge on any atom is -0.458 e. The molecule has 4 rings (SSSR count). The van der Waals surface area contributed by atoms with E-state index in [0.717, 1.165) is 37.7 Å². The van der Waals surface area contributed by atoms with E-state index in [1.165, 1.54) is 25.7 Å². The van der Waals surface area contributed by atoms with E-state index in [0.29, 0.717) is 11.8 Å². The average molecular weight is 442 g/mol. The molecule has 1 aromatic rings. The molecule has 176 valence electrons. The molecule has 5 nitrogen and oxygen atoms in total. The number of nitrogens with zero attached hydrogens (tertiary/aromatic N) is 1. The molecule has 2 saturated carbocycles. The molecule has 0 bridgehead atoms. The average Bonchev–Trinajstić information content (AvgIpc) is 3.13. The second kappa shape index (κ2) is 9.84. The Morgan fingerprint density at radius 1 is 0.938 bits per heavy atom. The number of rotatable bonds is 4. The first-order valence-electron chi connectivity index (χ1n) is 12.6. The Labute approximate surface area is 192 Å². The van der Waals surface area contributed by atoms with Gasteiger partial charge in [0.05, 0.1) is 0 Å². The number of hydrogen-bond acceptors (Lipinski definition) is 4. The molecule has 1 amide bonds. The van der Waals surface area contributed by atoms with Crippen molar-refractivity contribution in [2.75, 3.05) is 0 Å². The van der Waals surface area contributed by atoms with Crippen molar-refractivity contribution >= 4 is 12.1 Å². The van der Waals surface area contributed by atoms with Gasteiger partial charge in [0, 0.05) is 6.04 Å². The molecular formula is C27H39NO4. The third-order valence-corrected chi connectivity index (χ3v) is 7.56. The molecular weight excluding hydrogens is 402 g/mol. The van der Waals surface area contributed by atoms with E-state index in [9.17, 15) is 9.59 Å². The lowest BCUT2D eigenvalue weighted by Gasteiger charge is -2.36. The maximum Gasteiger partial charge on any atom is 0.411 e. The molecule has 0 radical (unpaired) electrons. The number of carbonyl (C=O) groups excluding carboxylic acids is 2. The Bertz CT molecular complexity index is 781. The summed E-state index contributed by atoms with van der Waals surface area (Å²) in [5, 5.41) is 0. The van der Waals surface area contributed by atoms with Crippen LogP contribution in [0.1, 0.15) is 84.1 Å². The summed E-state index contributed by atoms with van der Waals surface area (Å²) in [6.07, 6.45) is 9.98. The smallest absolute Gasteiger partial charge is 0.411 e. The Balaban J connectivity index is 1.62. The maximum absolute atomic E-state index is 13.6. The molecule has 1 aliphatic heterocycles. The van der Waals surface area contributed by atoms with E-state index in [1.807, 2.05) is 51.1 Å². The zero-order valence-electron chi connectivity index (χ0n) is 19.9. The fraction of sp³-hybridized carbons (Fsp3) is 0.704. The monoisotopic (exact) mass is 441 g/mol. The van der Waals surface area contributed by atoms with Crippen LogP contribution in [-0.4, -0.2) is 34.6 Å². The van der Waals surface area contributed by atoms with Gasteiger partial charge in [0.1, 0.15) is 18.2 Å². The van der Waals surface area contributed by atoms with Gasteiger partial charge >= 0.3 is 12.1 Å². The molecule has 3 aliphatic rings. The topological polar surface area (TPSA) is 55.8 Å². The van der Waals surface area contributed by atoms with Crippen LogP contribution in [-0.2, 0) is 20.9 Å². The second-order valence-corrected chi connectivity index (χ2v) is 10.9. The van der Waals surface area contributed by atoms with Crippen LogP contribution in [0.5, 0.6) is 0 Å². The van der Waals surface area contributed by atoms with Crippen molar-refractivity contribution in [2.45, 2.75) is 103 Å². The zero-order chi connectivity index (χ0) is 22.7. The lowest BCUT2D eigenvalue weighted by atomic mass is 9.68. The van der Waals surface area contributed by atoms with Gasteiger partial charge in [-0.3, -0.25) is 4.90 Å². The van der Waals surface area contributed by atoms with Crippen molar-refractivity contribution in [3.8, 4) is 0 Å². The largest absolute Gasteiger partial charge is 0.458 e. The van der Waals surface area contributed by atoms with Gasteiger partial charge in [-0.1, -0.05) is 75.3 Å². The van der Waals surface area contributed by atoms with Crippen LogP contribution in [0.15, 0.2) is 30.3 Å². The molecule has 32 heavy (non-hydrogen) atoms. The highest BCUT2D eigenvalue weighted by Crippen LogP contribution is 2.50. The summed E-state index contributed by atoms with van der Waals surface area (Å²) in [6, 6.07) is 9.29. The third-order valence-electron chi connectivity index (χ3n) is 7.56. The van der Waals surface area contributed by atoms with Crippen molar-refractivity contribution in [3.05, 3.63) is 35.9 Å². The van der Waals surface area contributed by atoms with Gasteiger partial charge in [-0.2, -0.15) is 0 Å². The van der Waals surface area contributed by atoms with Crippen molar-refractivity contribution in [2.24, 2.45) is 17.8 Å². The van der Waals surface area contributed by atoms with Crippen LogP contribution in [0, 0.1) is 17.8 Å². The van der Waals surface area contributed by atoms with E-state index in [1.54, 1.807) is 4.90 Å². The predicted molar refractivity (Wildman–Crippen MR) is 124 cm³/mol. The summed E-state index contributed by atoms with van der Waals surface area (Å²) >= 11 is 0. The molecule has 4 atom stereocenters. The van der Waals surface area contributed by atoms with Gasteiger partial charge < -0.3 is 9.47 Å². The first kappa shape index (κ1) is 23.1. The summed E-state index contributed by atoms with van der Waals surface area (Å²) in [5.74, 6) is 0.784. The zero-order valence-corrected chi connectivity index (χ0v) is 19.9. The van der Waals surface area contributed by atoms with Gasteiger partial charge in [0.15, 0.2) is 0 Å². The maximum atomic E-state index is 13.6. The minimum absolute atomic E-state index is 0.0801. The minimum atomic E-state index is -0.582. The predicted octanol–water partition coefficient (Wildman–Crippen LogP) is 6.10. The second-order valence-electron chi connectivity index (χ2n) is 10.9. The summed E-state index contributed by atoms with van der Waals surface area (Å²) in [5.41, 5.74) is 0.375. The molecule has 1 aromatic carbocycles. The van der Waals surface area contributed by atoms with Crippen LogP contribution in [0.3, 0.4) is 0 Å². The molecule has 3 fully saturated rings. The quantitative estimate of drug-likeness (QED) is 0.530. The lowest BCUT2D eigenvalue weighted by Crippen LogP contribution is -2.50. The summed E-state index contributed by atoms with van der Waals surface area (Å²) in [4.78, 5) is 28.9. The Morgan fingerprint density at radius 2 is 1.59 bits per heavy atom. The van der Waals surface area contributed by atoms with E-state index in [4.69, 9.17) is 9.47 Å². The Hall–Kier alpha value is -2.04. The number of ether oxygens (including phenoxy) is 2. The lowest BCUT2D eigenvalue weighted by molar-refractivity contribution is -0.162. The van der Waals surface area contributed by atoms with Gasteiger partial charge in [0.2, 0.25) is 0 Å². The first-order valence-corrected chi connectivity index (χ1v) is 12.6. The van der Waals surface area contributed by atoms with E-state index in [2.05, 4.69) is 0 Å². The molecule has 1 saturated heterocycles. The number of carbonyl (C=O) groups is 2. The number of fused-ring (bicyclic) bond motifs is 1. The molecule has 0 spiro atoms. The Morgan fingerprint density at radius 3 is 2.28 bits per heavy atom. The highest BCUT2D eigenvalue weighted by atomic mass is 16.6. The molecule has 0 N–H and O–H groups in total. The van der Waals surface area contributed by atoms with Crippen molar-refractivity contribution < 1.29 is 19.1 Å². The van der Waals surface area contributed by atoms with Gasteiger partial charge in [-0.15, -0.1) is 0 Å². The standard InChI is InChI=1S/C27H39NO4/c1-27(2,3)32-25(29)24-23(20-14-8-5-9-15-20)21-16-10-11-17-22(21)28(24)26(30)31-18-19-12-6-4-7-13-19/h4,6-7,12-13,20-24H,5,8-11,14-18H2,1-3H3. The third kappa shape index (κ3) is 5.13. The molecule has 1 heterocycles. The number of amides is 1. The highest BCUT2D eigenvalue weighted by Gasteiger charge is 2.57. The number of benzene rings is 1. The summed E-state index contributed by atoms with van der Waals surface area (Å²) in [7, 11) is 0.